The van der Waals surface area contributed by atoms with E-state index in [2.05, 4.69) is 10.6 Å². The van der Waals surface area contributed by atoms with Gasteiger partial charge < -0.3 is 20.1 Å². The van der Waals surface area contributed by atoms with E-state index in [9.17, 15) is 0 Å². The molecule has 4 aromatic carbocycles. The Bertz CT molecular complexity index is 1660. The van der Waals surface area contributed by atoms with Crippen LogP contribution in [0, 0.1) is 0 Å². The van der Waals surface area contributed by atoms with E-state index in [1.54, 1.807) is 14.2 Å². The Balaban J connectivity index is 1.17. The molecule has 8 nitrogen and oxygen atoms in total. The number of nitrogens with zero attached hydrogens (tertiary/aromatic N) is 4. The van der Waals surface area contributed by atoms with Gasteiger partial charge in [-0.25, -0.2) is 19.9 Å². The van der Waals surface area contributed by atoms with Gasteiger partial charge in [-0.15, -0.1) is 0 Å². The number of ether oxygens (including phenoxy) is 2. The van der Waals surface area contributed by atoms with Gasteiger partial charge in [0.05, 0.1) is 25.3 Å². The molecule has 8 heteroatoms. The molecule has 6 aromatic rings. The van der Waals surface area contributed by atoms with Gasteiger partial charge in [-0.3, -0.25) is 0 Å². The van der Waals surface area contributed by atoms with Gasteiger partial charge in [-0.1, -0.05) is 24.3 Å². The molecule has 2 N–H and O–H groups in total. The van der Waals surface area contributed by atoms with Crippen LogP contribution in [0.1, 0.15) is 6.42 Å². The van der Waals surface area contributed by atoms with Crippen LogP contribution in [-0.4, -0.2) is 47.2 Å². The highest BCUT2D eigenvalue weighted by Gasteiger charge is 2.11. The first-order chi connectivity index (χ1) is 20.2. The molecule has 0 saturated carbocycles. The van der Waals surface area contributed by atoms with E-state index in [1.807, 2.05) is 97.1 Å². The van der Waals surface area contributed by atoms with Crippen molar-refractivity contribution in [1.29, 1.82) is 0 Å². The Morgan fingerprint density at radius 1 is 0.512 bits per heavy atom. The lowest BCUT2D eigenvalue weighted by Gasteiger charge is -2.13. The standard InChI is InChI=1S/C33H30N6O2/c1-40-24-16-12-22(13-17-24)30-36-28-10-5-3-8-26(28)32(38-30)34-20-7-21-35-33-27-9-4-6-11-29(27)37-31(39-33)23-14-18-25(41-2)19-15-23/h3-6,8-19H,7,20-21H2,1-2H3,(H,34,36,38)(H,35,37,39). The monoisotopic (exact) mass is 542 g/mol. The molecule has 204 valence electrons. The summed E-state index contributed by atoms with van der Waals surface area (Å²) in [4.78, 5) is 19.3. The summed E-state index contributed by atoms with van der Waals surface area (Å²) in [5.74, 6) is 4.57. The number of rotatable bonds is 10. The number of hydrogen-bond acceptors (Lipinski definition) is 8. The van der Waals surface area contributed by atoms with Crippen molar-refractivity contribution in [2.24, 2.45) is 0 Å². The lowest BCUT2D eigenvalue weighted by Crippen LogP contribution is -2.12. The molecule has 2 heterocycles. The van der Waals surface area contributed by atoms with Crippen molar-refractivity contribution in [3.63, 3.8) is 0 Å². The third-order valence-corrected chi connectivity index (χ3v) is 6.84. The molecule has 0 unspecified atom stereocenters. The number of benzene rings is 4. The van der Waals surface area contributed by atoms with Crippen LogP contribution in [-0.2, 0) is 0 Å². The minimum Gasteiger partial charge on any atom is -0.497 e. The molecule has 0 saturated heterocycles. The van der Waals surface area contributed by atoms with Crippen molar-refractivity contribution in [3.05, 3.63) is 97.1 Å². The second kappa shape index (κ2) is 11.9. The topological polar surface area (TPSA) is 94.1 Å². The third kappa shape index (κ3) is 5.72. The van der Waals surface area contributed by atoms with E-state index in [0.29, 0.717) is 11.6 Å². The lowest BCUT2D eigenvalue weighted by atomic mass is 10.1. The smallest absolute Gasteiger partial charge is 0.162 e. The fraction of sp³-hybridized carbons (Fsp3) is 0.152. The van der Waals surface area contributed by atoms with Crippen LogP contribution in [0.25, 0.3) is 44.6 Å². The van der Waals surface area contributed by atoms with Gasteiger partial charge in [0.25, 0.3) is 0 Å². The van der Waals surface area contributed by atoms with E-state index >= 15 is 0 Å². The predicted molar refractivity (Wildman–Crippen MR) is 165 cm³/mol. The van der Waals surface area contributed by atoms with Crippen molar-refractivity contribution < 1.29 is 9.47 Å². The molecule has 0 aliphatic rings. The minimum absolute atomic E-state index is 0.672. The normalized spacial score (nSPS) is 11.0. The van der Waals surface area contributed by atoms with Crippen molar-refractivity contribution in [2.45, 2.75) is 6.42 Å². The van der Waals surface area contributed by atoms with Gasteiger partial charge in [0.2, 0.25) is 0 Å². The summed E-state index contributed by atoms with van der Waals surface area (Å²) in [5.41, 5.74) is 3.66. The maximum Gasteiger partial charge on any atom is 0.162 e. The molecule has 0 atom stereocenters. The van der Waals surface area contributed by atoms with E-state index in [1.165, 1.54) is 0 Å². The Morgan fingerprint density at radius 2 is 0.927 bits per heavy atom. The molecule has 0 aliphatic carbocycles. The van der Waals surface area contributed by atoms with Crippen LogP contribution in [0.2, 0.25) is 0 Å². The molecule has 0 spiro atoms. The van der Waals surface area contributed by atoms with Crippen molar-refractivity contribution in [3.8, 4) is 34.3 Å². The molecule has 6 rings (SSSR count). The molecule has 0 bridgehead atoms. The first-order valence-electron chi connectivity index (χ1n) is 13.5. The summed E-state index contributed by atoms with van der Waals surface area (Å²) in [6, 6.07) is 31.7. The van der Waals surface area contributed by atoms with Crippen molar-refractivity contribution >= 4 is 33.4 Å². The number of nitrogens with one attached hydrogen (secondary N) is 2. The zero-order valence-electron chi connectivity index (χ0n) is 23.0. The molecule has 0 fully saturated rings. The third-order valence-electron chi connectivity index (χ3n) is 6.84. The number of anilines is 2. The van der Waals surface area contributed by atoms with Gasteiger partial charge >= 0.3 is 0 Å². The number of fused-ring (bicyclic) bond motifs is 2. The first-order valence-corrected chi connectivity index (χ1v) is 13.5. The van der Waals surface area contributed by atoms with Crippen molar-refractivity contribution in [2.75, 3.05) is 37.9 Å². The Hall–Kier alpha value is -5.24. The van der Waals surface area contributed by atoms with Gasteiger partial charge in [0.1, 0.15) is 23.1 Å². The van der Waals surface area contributed by atoms with Crippen LogP contribution in [0.4, 0.5) is 11.6 Å². The molecule has 0 aliphatic heterocycles. The molecular formula is C33H30N6O2. The largest absolute Gasteiger partial charge is 0.497 e. The fourth-order valence-corrected chi connectivity index (χ4v) is 4.66. The number of hydrogen-bond donors (Lipinski definition) is 2. The zero-order valence-corrected chi connectivity index (χ0v) is 23.0. The Morgan fingerprint density at radius 3 is 1.34 bits per heavy atom. The fourth-order valence-electron chi connectivity index (χ4n) is 4.66. The van der Waals surface area contributed by atoms with Gasteiger partial charge in [-0.05, 0) is 79.2 Å². The summed E-state index contributed by atoms with van der Waals surface area (Å²) in [6.45, 7) is 1.45. The Labute approximate surface area is 238 Å². The SMILES string of the molecule is COc1ccc(-c2nc(NCCCNc3nc(-c4ccc(OC)cc4)nc4ccccc34)c3ccccc3n2)cc1. The van der Waals surface area contributed by atoms with Gasteiger partial charge in [-0.2, -0.15) is 0 Å². The molecular weight excluding hydrogens is 512 g/mol. The average Bonchev–Trinajstić information content (AvgIpc) is 3.04. The van der Waals surface area contributed by atoms with E-state index in [4.69, 9.17) is 29.4 Å². The molecule has 0 amide bonds. The van der Waals surface area contributed by atoms with E-state index in [-0.39, 0.29) is 0 Å². The minimum atomic E-state index is 0.672. The first kappa shape index (κ1) is 26.0. The van der Waals surface area contributed by atoms with Gasteiger partial charge in [0.15, 0.2) is 11.6 Å². The Kier molecular flexibility index (Phi) is 7.53. The highest BCUT2D eigenvalue weighted by Crippen LogP contribution is 2.28. The van der Waals surface area contributed by atoms with Crippen LogP contribution >= 0.6 is 0 Å². The molecule has 41 heavy (non-hydrogen) atoms. The second-order valence-corrected chi connectivity index (χ2v) is 9.49. The number of aromatic nitrogens is 4. The zero-order chi connectivity index (χ0) is 28.0. The number of methoxy groups -OCH3 is 2. The van der Waals surface area contributed by atoms with E-state index in [0.717, 1.165) is 75.6 Å². The summed E-state index contributed by atoms with van der Waals surface area (Å²) >= 11 is 0. The van der Waals surface area contributed by atoms with Crippen LogP contribution in [0.5, 0.6) is 11.5 Å². The summed E-state index contributed by atoms with van der Waals surface area (Å²) < 4.78 is 10.6. The highest BCUT2D eigenvalue weighted by atomic mass is 16.5. The van der Waals surface area contributed by atoms with Gasteiger partial charge in [0, 0.05) is 35.0 Å². The lowest BCUT2D eigenvalue weighted by molar-refractivity contribution is 0.414. The molecule has 2 aromatic heterocycles. The average molecular weight is 543 g/mol. The summed E-state index contributed by atoms with van der Waals surface area (Å²) in [7, 11) is 3.32. The van der Waals surface area contributed by atoms with Crippen LogP contribution in [0.15, 0.2) is 97.1 Å². The maximum atomic E-state index is 5.30. The summed E-state index contributed by atoms with van der Waals surface area (Å²) in [6.07, 6.45) is 0.854. The van der Waals surface area contributed by atoms with Crippen molar-refractivity contribution in [1.82, 2.24) is 19.9 Å². The van der Waals surface area contributed by atoms with Crippen LogP contribution < -0.4 is 20.1 Å². The molecule has 0 radical (unpaired) electrons. The summed E-state index contributed by atoms with van der Waals surface area (Å²) in [5, 5.41) is 9.04. The highest BCUT2D eigenvalue weighted by molar-refractivity contribution is 5.91. The predicted octanol–water partition coefficient (Wildman–Crippen LogP) is 6.84. The second-order valence-electron chi connectivity index (χ2n) is 9.49. The quantitative estimate of drug-likeness (QED) is 0.182. The number of para-hydroxylation sites is 2. The van der Waals surface area contributed by atoms with E-state index < -0.39 is 0 Å². The van der Waals surface area contributed by atoms with Crippen LogP contribution in [0.3, 0.4) is 0 Å². The maximum absolute atomic E-state index is 5.30.